The average molecular weight is 299 g/mol. The van der Waals surface area contributed by atoms with E-state index in [-0.39, 0.29) is 16.4 Å². The van der Waals surface area contributed by atoms with Crippen LogP contribution in [0.15, 0.2) is 23.1 Å². The van der Waals surface area contributed by atoms with Gasteiger partial charge in [-0.2, -0.15) is 0 Å². The molecule has 1 aromatic carbocycles. The minimum atomic E-state index is -1.12. The third-order valence-electron chi connectivity index (χ3n) is 2.90. The van der Waals surface area contributed by atoms with Crippen molar-refractivity contribution < 1.29 is 19.1 Å². The predicted molar refractivity (Wildman–Crippen MR) is 76.6 cm³/mol. The van der Waals surface area contributed by atoms with Crippen molar-refractivity contribution in [2.45, 2.75) is 30.9 Å². The van der Waals surface area contributed by atoms with Crippen LogP contribution in [0.2, 0.25) is 0 Å². The van der Waals surface area contributed by atoms with Crippen LogP contribution in [0.25, 0.3) is 0 Å². The Bertz CT molecular complexity index is 503. The Kier molecular flexibility index (Phi) is 6.01. The minimum absolute atomic E-state index is 0.0105. The van der Waals surface area contributed by atoms with Gasteiger partial charge in [0.1, 0.15) is 5.82 Å². The van der Waals surface area contributed by atoms with Gasteiger partial charge in [-0.25, -0.2) is 9.18 Å². The number of nitrogens with zero attached hydrogens (tertiary/aromatic N) is 1. The molecule has 1 rings (SSSR count). The first-order valence-electron chi connectivity index (χ1n) is 6.38. The lowest BCUT2D eigenvalue weighted by Gasteiger charge is -2.22. The van der Waals surface area contributed by atoms with Gasteiger partial charge in [-0.15, -0.1) is 11.8 Å². The minimum Gasteiger partial charge on any atom is -0.478 e. The van der Waals surface area contributed by atoms with Gasteiger partial charge in [-0.1, -0.05) is 0 Å². The molecular formula is C14H18FNO3S. The molecule has 4 nitrogen and oxygen atoms in total. The number of carbonyl (C=O) groups is 2. The fourth-order valence-electron chi connectivity index (χ4n) is 1.76. The van der Waals surface area contributed by atoms with Crippen molar-refractivity contribution in [2.75, 3.05) is 13.1 Å². The highest BCUT2D eigenvalue weighted by Gasteiger charge is 2.21. The van der Waals surface area contributed by atoms with Crippen molar-refractivity contribution in [3.05, 3.63) is 29.6 Å². The summed E-state index contributed by atoms with van der Waals surface area (Å²) >= 11 is 1.04. The van der Waals surface area contributed by atoms with E-state index in [4.69, 9.17) is 5.11 Å². The van der Waals surface area contributed by atoms with E-state index in [9.17, 15) is 14.0 Å². The summed E-state index contributed by atoms with van der Waals surface area (Å²) < 4.78 is 13.7. The van der Waals surface area contributed by atoms with Crippen LogP contribution in [0.5, 0.6) is 0 Å². The summed E-state index contributed by atoms with van der Waals surface area (Å²) in [6.45, 7) is 6.64. The van der Waals surface area contributed by atoms with Crippen molar-refractivity contribution in [1.82, 2.24) is 4.90 Å². The van der Waals surface area contributed by atoms with E-state index in [1.165, 1.54) is 12.1 Å². The number of carboxylic acids is 1. The summed E-state index contributed by atoms with van der Waals surface area (Å²) in [4.78, 5) is 24.8. The molecule has 1 amide bonds. The molecule has 0 bridgehead atoms. The molecule has 1 unspecified atom stereocenters. The molecule has 0 spiro atoms. The smallest absolute Gasteiger partial charge is 0.335 e. The highest BCUT2D eigenvalue weighted by molar-refractivity contribution is 8.00. The van der Waals surface area contributed by atoms with Gasteiger partial charge in [0, 0.05) is 18.0 Å². The SMILES string of the molecule is CCN(CC)C(=O)C(C)Sc1cc(C(=O)O)ccc1F. The van der Waals surface area contributed by atoms with Crippen LogP contribution in [-0.4, -0.2) is 40.2 Å². The van der Waals surface area contributed by atoms with Crippen LogP contribution in [0, 0.1) is 5.82 Å². The number of aromatic carboxylic acids is 1. The molecule has 0 fully saturated rings. The summed E-state index contributed by atoms with van der Waals surface area (Å²) in [6.07, 6.45) is 0. The van der Waals surface area contributed by atoms with Gasteiger partial charge in [-0.3, -0.25) is 4.79 Å². The first-order valence-corrected chi connectivity index (χ1v) is 7.26. The molecular weight excluding hydrogens is 281 g/mol. The Morgan fingerprint density at radius 3 is 2.45 bits per heavy atom. The van der Waals surface area contributed by atoms with Gasteiger partial charge < -0.3 is 10.0 Å². The summed E-state index contributed by atoms with van der Waals surface area (Å²) in [6, 6.07) is 3.58. The maximum atomic E-state index is 13.7. The van der Waals surface area contributed by atoms with Crippen LogP contribution in [0.1, 0.15) is 31.1 Å². The second-order valence-corrected chi connectivity index (χ2v) is 5.60. The summed E-state index contributed by atoms with van der Waals surface area (Å²) in [5.41, 5.74) is 0.0105. The fourth-order valence-corrected chi connectivity index (χ4v) is 2.77. The lowest BCUT2D eigenvalue weighted by atomic mass is 10.2. The fraction of sp³-hybridized carbons (Fsp3) is 0.429. The van der Waals surface area contributed by atoms with Crippen LogP contribution < -0.4 is 0 Å². The van der Waals surface area contributed by atoms with Crippen LogP contribution in [-0.2, 0) is 4.79 Å². The lowest BCUT2D eigenvalue weighted by Crippen LogP contribution is -2.36. The largest absolute Gasteiger partial charge is 0.478 e. The van der Waals surface area contributed by atoms with Crippen LogP contribution >= 0.6 is 11.8 Å². The predicted octanol–water partition coefficient (Wildman–Crippen LogP) is 2.87. The van der Waals surface area contributed by atoms with Gasteiger partial charge in [0.15, 0.2) is 0 Å². The molecule has 1 aromatic rings. The molecule has 0 saturated heterocycles. The van der Waals surface area contributed by atoms with E-state index >= 15 is 0 Å². The van der Waals surface area contributed by atoms with Gasteiger partial charge in [0.05, 0.1) is 10.8 Å². The monoisotopic (exact) mass is 299 g/mol. The van der Waals surface area contributed by atoms with Crippen LogP contribution in [0.3, 0.4) is 0 Å². The summed E-state index contributed by atoms with van der Waals surface area (Å²) in [7, 11) is 0. The Morgan fingerprint density at radius 2 is 1.95 bits per heavy atom. The first-order chi connectivity index (χ1) is 9.40. The van der Waals surface area contributed by atoms with Crippen molar-refractivity contribution in [3.8, 4) is 0 Å². The van der Waals surface area contributed by atoms with Crippen molar-refractivity contribution >= 4 is 23.6 Å². The van der Waals surface area contributed by atoms with E-state index in [0.717, 1.165) is 17.8 Å². The number of carboxylic acid groups (broad SMARTS) is 1. The molecule has 0 aliphatic heterocycles. The Labute approximate surface area is 122 Å². The Hall–Kier alpha value is -1.56. The highest BCUT2D eigenvalue weighted by atomic mass is 32.2. The van der Waals surface area contributed by atoms with Gasteiger partial charge in [0.2, 0.25) is 5.91 Å². The number of amides is 1. The van der Waals surface area contributed by atoms with E-state index in [0.29, 0.717) is 13.1 Å². The average Bonchev–Trinajstić information content (AvgIpc) is 2.42. The highest BCUT2D eigenvalue weighted by Crippen LogP contribution is 2.28. The summed E-state index contributed by atoms with van der Waals surface area (Å²) in [5, 5.41) is 8.44. The molecule has 0 aliphatic rings. The normalized spacial score (nSPS) is 12.0. The quantitative estimate of drug-likeness (QED) is 0.821. The zero-order valence-corrected chi connectivity index (χ0v) is 12.5. The summed E-state index contributed by atoms with van der Waals surface area (Å²) in [5.74, 6) is -1.71. The standard InChI is InChI=1S/C14H18FNO3S/c1-4-16(5-2)13(17)9(3)20-12-8-10(14(18)19)6-7-11(12)15/h6-9H,4-5H2,1-3H3,(H,18,19). The van der Waals surface area contributed by atoms with Gasteiger partial charge in [0.25, 0.3) is 0 Å². The number of carbonyl (C=O) groups excluding carboxylic acids is 1. The Morgan fingerprint density at radius 1 is 1.35 bits per heavy atom. The van der Waals surface area contributed by atoms with Crippen molar-refractivity contribution in [1.29, 1.82) is 0 Å². The second-order valence-electron chi connectivity index (χ2n) is 4.22. The zero-order valence-electron chi connectivity index (χ0n) is 11.7. The number of hydrogen-bond acceptors (Lipinski definition) is 3. The third-order valence-corrected chi connectivity index (χ3v) is 4.03. The second kappa shape index (κ2) is 7.28. The number of benzene rings is 1. The van der Waals surface area contributed by atoms with E-state index in [2.05, 4.69) is 0 Å². The lowest BCUT2D eigenvalue weighted by molar-refractivity contribution is -0.129. The molecule has 6 heteroatoms. The third kappa shape index (κ3) is 3.96. The molecule has 1 atom stereocenters. The number of rotatable bonds is 6. The van der Waals surface area contributed by atoms with E-state index < -0.39 is 17.0 Å². The van der Waals surface area contributed by atoms with E-state index in [1.54, 1.807) is 11.8 Å². The Balaban J connectivity index is 2.89. The van der Waals surface area contributed by atoms with Gasteiger partial charge >= 0.3 is 5.97 Å². The molecule has 0 aromatic heterocycles. The molecule has 1 N–H and O–H groups in total. The molecule has 110 valence electrons. The van der Waals surface area contributed by atoms with Crippen molar-refractivity contribution in [3.63, 3.8) is 0 Å². The molecule has 0 radical (unpaired) electrons. The number of thioether (sulfide) groups is 1. The maximum Gasteiger partial charge on any atom is 0.335 e. The zero-order chi connectivity index (χ0) is 15.3. The molecule has 0 heterocycles. The maximum absolute atomic E-state index is 13.7. The molecule has 20 heavy (non-hydrogen) atoms. The first kappa shape index (κ1) is 16.5. The van der Waals surface area contributed by atoms with Crippen molar-refractivity contribution in [2.24, 2.45) is 0 Å². The van der Waals surface area contributed by atoms with Crippen LogP contribution in [0.4, 0.5) is 4.39 Å². The number of hydrogen-bond donors (Lipinski definition) is 1. The van der Waals surface area contributed by atoms with E-state index in [1.807, 2.05) is 13.8 Å². The molecule has 0 saturated carbocycles. The van der Waals surface area contributed by atoms with Gasteiger partial charge in [-0.05, 0) is 39.0 Å². The topological polar surface area (TPSA) is 57.6 Å². The number of halogens is 1. The molecule has 0 aliphatic carbocycles.